The molecule has 2 atom stereocenters. The van der Waals surface area contributed by atoms with E-state index >= 15 is 0 Å². The molecule has 0 fully saturated rings. The van der Waals surface area contributed by atoms with Crippen molar-refractivity contribution in [1.82, 2.24) is 5.32 Å². The molecule has 1 aliphatic rings. The highest BCUT2D eigenvalue weighted by atomic mass is 32.2. The minimum absolute atomic E-state index is 0.377. The van der Waals surface area contributed by atoms with Crippen molar-refractivity contribution in [3.05, 3.63) is 0 Å². The van der Waals surface area contributed by atoms with E-state index in [0.29, 0.717) is 16.6 Å². The SMILES string of the molecule is CC1CN=C(NCC(C)C(C)(C)C)S1. The van der Waals surface area contributed by atoms with E-state index in [1.165, 1.54) is 0 Å². The van der Waals surface area contributed by atoms with E-state index in [0.717, 1.165) is 18.3 Å². The van der Waals surface area contributed by atoms with Gasteiger partial charge in [0, 0.05) is 11.8 Å². The lowest BCUT2D eigenvalue weighted by atomic mass is 9.82. The molecule has 1 heterocycles. The standard InChI is InChI=1S/C11H22N2S/c1-8(11(3,4)5)6-12-10-13-7-9(2)14-10/h8-9H,6-7H2,1-5H3,(H,12,13). The van der Waals surface area contributed by atoms with Crippen LogP contribution in [0.25, 0.3) is 0 Å². The van der Waals surface area contributed by atoms with Crippen LogP contribution in [-0.4, -0.2) is 23.5 Å². The van der Waals surface area contributed by atoms with E-state index in [1.807, 2.05) is 11.8 Å². The normalized spacial score (nSPS) is 24.6. The first-order chi connectivity index (χ1) is 6.39. The van der Waals surface area contributed by atoms with Crippen LogP contribution in [0.4, 0.5) is 0 Å². The van der Waals surface area contributed by atoms with Crippen LogP contribution in [0.5, 0.6) is 0 Å². The van der Waals surface area contributed by atoms with Gasteiger partial charge in [0.05, 0.1) is 6.54 Å². The van der Waals surface area contributed by atoms with Gasteiger partial charge in [0.15, 0.2) is 5.17 Å². The third kappa shape index (κ3) is 3.52. The molecular weight excluding hydrogens is 192 g/mol. The predicted octanol–water partition coefficient (Wildman–Crippen LogP) is 2.75. The Hall–Kier alpha value is -0.180. The molecule has 0 saturated carbocycles. The second-order valence-corrected chi connectivity index (χ2v) is 6.65. The number of hydrogen-bond donors (Lipinski definition) is 1. The Morgan fingerprint density at radius 3 is 2.64 bits per heavy atom. The zero-order chi connectivity index (χ0) is 10.8. The van der Waals surface area contributed by atoms with Crippen LogP contribution in [-0.2, 0) is 0 Å². The number of nitrogens with zero attached hydrogens (tertiary/aromatic N) is 1. The average Bonchev–Trinajstić information content (AvgIpc) is 2.45. The second-order valence-electron chi connectivity index (χ2n) is 5.22. The van der Waals surface area contributed by atoms with E-state index in [1.54, 1.807) is 0 Å². The molecule has 0 amide bonds. The molecule has 0 aromatic carbocycles. The van der Waals surface area contributed by atoms with E-state index in [-0.39, 0.29) is 0 Å². The minimum atomic E-state index is 0.377. The van der Waals surface area contributed by atoms with E-state index in [9.17, 15) is 0 Å². The lowest BCUT2D eigenvalue weighted by molar-refractivity contribution is 0.262. The van der Waals surface area contributed by atoms with Crippen molar-refractivity contribution in [2.45, 2.75) is 39.9 Å². The van der Waals surface area contributed by atoms with Gasteiger partial charge in [0.2, 0.25) is 0 Å². The largest absolute Gasteiger partial charge is 0.365 e. The van der Waals surface area contributed by atoms with Gasteiger partial charge in [-0.15, -0.1) is 0 Å². The summed E-state index contributed by atoms with van der Waals surface area (Å²) in [5.41, 5.74) is 0.377. The first-order valence-corrected chi connectivity index (χ1v) is 6.22. The highest BCUT2D eigenvalue weighted by Crippen LogP contribution is 2.25. The molecule has 82 valence electrons. The molecule has 0 aliphatic carbocycles. The fourth-order valence-corrected chi connectivity index (χ4v) is 1.97. The monoisotopic (exact) mass is 214 g/mol. The molecule has 1 aliphatic heterocycles. The number of nitrogens with one attached hydrogen (secondary N) is 1. The van der Waals surface area contributed by atoms with Gasteiger partial charge in [0.25, 0.3) is 0 Å². The lowest BCUT2D eigenvalue weighted by Crippen LogP contribution is -2.31. The maximum absolute atomic E-state index is 4.44. The number of aliphatic imine (C=N–C) groups is 1. The highest BCUT2D eigenvalue weighted by Gasteiger charge is 2.21. The summed E-state index contributed by atoms with van der Waals surface area (Å²) < 4.78 is 0. The van der Waals surface area contributed by atoms with Crippen molar-refractivity contribution in [3.8, 4) is 0 Å². The molecule has 0 aromatic rings. The lowest BCUT2D eigenvalue weighted by Gasteiger charge is -2.27. The number of amidine groups is 1. The Morgan fingerprint density at radius 2 is 2.21 bits per heavy atom. The molecule has 0 bridgehead atoms. The fraction of sp³-hybridized carbons (Fsp3) is 0.909. The van der Waals surface area contributed by atoms with Gasteiger partial charge in [-0.2, -0.15) is 0 Å². The Labute approximate surface area is 92.0 Å². The average molecular weight is 214 g/mol. The molecule has 0 spiro atoms. The van der Waals surface area contributed by atoms with E-state index in [2.05, 4.69) is 44.9 Å². The first kappa shape index (κ1) is 11.9. The van der Waals surface area contributed by atoms with Crippen molar-refractivity contribution >= 4 is 16.9 Å². The van der Waals surface area contributed by atoms with Crippen molar-refractivity contribution in [2.24, 2.45) is 16.3 Å². The van der Waals surface area contributed by atoms with Crippen LogP contribution in [0.3, 0.4) is 0 Å². The molecule has 1 N–H and O–H groups in total. The molecule has 0 aromatic heterocycles. The van der Waals surface area contributed by atoms with Crippen molar-refractivity contribution in [2.75, 3.05) is 13.1 Å². The van der Waals surface area contributed by atoms with Crippen LogP contribution >= 0.6 is 11.8 Å². The molecule has 1 rings (SSSR count). The molecule has 3 heteroatoms. The summed E-state index contributed by atoms with van der Waals surface area (Å²) in [7, 11) is 0. The Bertz CT molecular complexity index is 218. The summed E-state index contributed by atoms with van der Waals surface area (Å²) in [5.74, 6) is 0.668. The Kier molecular flexibility index (Phi) is 3.87. The summed E-state index contributed by atoms with van der Waals surface area (Å²) in [6.45, 7) is 13.4. The van der Waals surface area contributed by atoms with Gasteiger partial charge in [-0.25, -0.2) is 0 Å². The molecular formula is C11H22N2S. The van der Waals surface area contributed by atoms with Gasteiger partial charge >= 0.3 is 0 Å². The quantitative estimate of drug-likeness (QED) is 0.764. The maximum Gasteiger partial charge on any atom is 0.156 e. The maximum atomic E-state index is 4.44. The first-order valence-electron chi connectivity index (χ1n) is 5.34. The third-order valence-electron chi connectivity index (χ3n) is 2.84. The van der Waals surface area contributed by atoms with Crippen LogP contribution < -0.4 is 5.32 Å². The Morgan fingerprint density at radius 1 is 1.57 bits per heavy atom. The van der Waals surface area contributed by atoms with Crippen molar-refractivity contribution < 1.29 is 0 Å². The van der Waals surface area contributed by atoms with Gasteiger partial charge in [-0.3, -0.25) is 4.99 Å². The van der Waals surface area contributed by atoms with Crippen molar-refractivity contribution in [1.29, 1.82) is 0 Å². The van der Waals surface area contributed by atoms with Gasteiger partial charge in [0.1, 0.15) is 0 Å². The minimum Gasteiger partial charge on any atom is -0.365 e. The van der Waals surface area contributed by atoms with E-state index < -0.39 is 0 Å². The second kappa shape index (κ2) is 4.56. The highest BCUT2D eigenvalue weighted by molar-refractivity contribution is 8.14. The Balaban J connectivity index is 2.28. The molecule has 2 nitrogen and oxygen atoms in total. The third-order valence-corrected chi connectivity index (χ3v) is 3.89. The summed E-state index contributed by atoms with van der Waals surface area (Å²) in [6.07, 6.45) is 0. The summed E-state index contributed by atoms with van der Waals surface area (Å²) >= 11 is 1.86. The smallest absolute Gasteiger partial charge is 0.156 e. The number of thioether (sulfide) groups is 1. The molecule has 14 heavy (non-hydrogen) atoms. The van der Waals surface area contributed by atoms with Crippen LogP contribution in [0.2, 0.25) is 0 Å². The number of rotatable bonds is 2. The van der Waals surface area contributed by atoms with Crippen molar-refractivity contribution in [3.63, 3.8) is 0 Å². The topological polar surface area (TPSA) is 24.4 Å². The number of hydrogen-bond acceptors (Lipinski definition) is 3. The zero-order valence-electron chi connectivity index (χ0n) is 9.92. The molecule has 2 unspecified atom stereocenters. The van der Waals surface area contributed by atoms with Gasteiger partial charge in [-0.05, 0) is 11.3 Å². The van der Waals surface area contributed by atoms with E-state index in [4.69, 9.17) is 0 Å². The fourth-order valence-electron chi connectivity index (χ4n) is 1.12. The van der Waals surface area contributed by atoms with Gasteiger partial charge < -0.3 is 5.32 Å². The molecule has 0 saturated heterocycles. The summed E-state index contributed by atoms with van der Waals surface area (Å²) in [5, 5.41) is 5.22. The zero-order valence-corrected chi connectivity index (χ0v) is 10.7. The molecule has 0 radical (unpaired) electrons. The van der Waals surface area contributed by atoms with Gasteiger partial charge in [-0.1, -0.05) is 46.4 Å². The van der Waals surface area contributed by atoms with Crippen LogP contribution in [0, 0.1) is 11.3 Å². The summed E-state index contributed by atoms with van der Waals surface area (Å²) in [6, 6.07) is 0. The summed E-state index contributed by atoms with van der Waals surface area (Å²) in [4.78, 5) is 4.44. The van der Waals surface area contributed by atoms with Crippen LogP contribution in [0.15, 0.2) is 4.99 Å². The predicted molar refractivity (Wildman–Crippen MR) is 66.0 cm³/mol. The van der Waals surface area contributed by atoms with Crippen LogP contribution in [0.1, 0.15) is 34.6 Å².